The lowest BCUT2D eigenvalue weighted by atomic mass is 10.1. The van der Waals surface area contributed by atoms with E-state index in [1.165, 1.54) is 32.4 Å². The van der Waals surface area contributed by atoms with Gasteiger partial charge in [-0.1, -0.05) is 11.6 Å². The van der Waals surface area contributed by atoms with Crippen molar-refractivity contribution in [2.45, 2.75) is 0 Å². The van der Waals surface area contributed by atoms with Crippen LogP contribution < -0.4 is 14.8 Å². The Kier molecular flexibility index (Phi) is 6.53. The lowest BCUT2D eigenvalue weighted by molar-refractivity contribution is -0.127. The molecule has 1 saturated heterocycles. The zero-order valence-electron chi connectivity index (χ0n) is 16.0. The molecule has 156 valence electrons. The highest BCUT2D eigenvalue weighted by atomic mass is 35.5. The molecule has 0 atom stereocenters. The molecule has 2 aromatic rings. The van der Waals surface area contributed by atoms with E-state index in [0.717, 1.165) is 4.90 Å². The van der Waals surface area contributed by atoms with Crippen molar-refractivity contribution in [1.29, 1.82) is 0 Å². The van der Waals surface area contributed by atoms with E-state index in [0.29, 0.717) is 28.0 Å². The number of methoxy groups -OCH3 is 2. The first kappa shape index (κ1) is 21.5. The predicted molar refractivity (Wildman–Crippen MR) is 114 cm³/mol. The molecule has 0 aliphatic carbocycles. The zero-order valence-corrected chi connectivity index (χ0v) is 17.5. The van der Waals surface area contributed by atoms with Crippen LogP contribution in [0.5, 0.6) is 17.2 Å². The van der Waals surface area contributed by atoms with Crippen molar-refractivity contribution in [3.8, 4) is 17.2 Å². The van der Waals surface area contributed by atoms with Crippen molar-refractivity contribution in [3.63, 3.8) is 0 Å². The standard InChI is InChI=1S/C20H17ClN2O6S/c1-28-14-7-11(8-15(29-2)18(14)25)9-16-19(26)23(20(27)30-16)10-17(24)22-13-5-3-12(21)4-6-13/h3-9,25H,10H2,1-2H3,(H,22,24)/b16-9-. The van der Waals surface area contributed by atoms with Crippen LogP contribution in [0.15, 0.2) is 41.3 Å². The molecule has 0 radical (unpaired) electrons. The summed E-state index contributed by atoms with van der Waals surface area (Å²) in [6, 6.07) is 9.44. The van der Waals surface area contributed by atoms with E-state index in [4.69, 9.17) is 21.1 Å². The van der Waals surface area contributed by atoms with Crippen LogP contribution in [-0.4, -0.2) is 47.8 Å². The van der Waals surface area contributed by atoms with E-state index in [2.05, 4.69) is 5.32 Å². The summed E-state index contributed by atoms with van der Waals surface area (Å²) >= 11 is 6.52. The smallest absolute Gasteiger partial charge is 0.294 e. The number of rotatable bonds is 6. The van der Waals surface area contributed by atoms with Gasteiger partial charge in [-0.15, -0.1) is 0 Å². The van der Waals surface area contributed by atoms with Crippen LogP contribution in [0, 0.1) is 0 Å². The van der Waals surface area contributed by atoms with Gasteiger partial charge in [0.15, 0.2) is 11.5 Å². The number of ether oxygens (including phenoxy) is 2. The highest BCUT2D eigenvalue weighted by molar-refractivity contribution is 8.18. The third-order valence-corrected chi connectivity index (χ3v) is 5.26. The van der Waals surface area contributed by atoms with E-state index in [-0.39, 0.29) is 22.2 Å². The third-order valence-electron chi connectivity index (χ3n) is 4.10. The number of anilines is 1. The molecule has 1 heterocycles. The van der Waals surface area contributed by atoms with Crippen molar-refractivity contribution < 1.29 is 29.0 Å². The Labute approximate surface area is 181 Å². The van der Waals surface area contributed by atoms with Crippen LogP contribution in [0.25, 0.3) is 6.08 Å². The van der Waals surface area contributed by atoms with Gasteiger partial charge in [0.25, 0.3) is 11.1 Å². The molecule has 1 aliphatic rings. The second-order valence-corrected chi connectivity index (χ2v) is 7.53. The average Bonchev–Trinajstić information content (AvgIpc) is 2.98. The van der Waals surface area contributed by atoms with E-state index < -0.39 is 23.6 Å². The maximum Gasteiger partial charge on any atom is 0.294 e. The van der Waals surface area contributed by atoms with Gasteiger partial charge in [-0.3, -0.25) is 19.3 Å². The number of amides is 3. The molecular weight excluding hydrogens is 432 g/mol. The number of benzene rings is 2. The lowest BCUT2D eigenvalue weighted by Gasteiger charge is -2.12. The molecule has 3 amide bonds. The second kappa shape index (κ2) is 9.10. The molecule has 10 heteroatoms. The number of nitrogens with one attached hydrogen (secondary N) is 1. The van der Waals surface area contributed by atoms with Crippen LogP contribution in [0.3, 0.4) is 0 Å². The molecule has 0 saturated carbocycles. The summed E-state index contributed by atoms with van der Waals surface area (Å²) in [5, 5.41) is 12.6. The number of phenols is 1. The van der Waals surface area contributed by atoms with Gasteiger partial charge in [0, 0.05) is 10.7 Å². The SMILES string of the molecule is COc1cc(/C=C2\SC(=O)N(CC(=O)Nc3ccc(Cl)cc3)C2=O)cc(OC)c1O. The van der Waals surface area contributed by atoms with E-state index in [9.17, 15) is 19.5 Å². The fourth-order valence-electron chi connectivity index (χ4n) is 2.66. The van der Waals surface area contributed by atoms with Gasteiger partial charge in [0.1, 0.15) is 6.54 Å². The van der Waals surface area contributed by atoms with E-state index in [1.807, 2.05) is 0 Å². The first-order chi connectivity index (χ1) is 14.3. The maximum absolute atomic E-state index is 12.6. The van der Waals surface area contributed by atoms with Crippen molar-refractivity contribution in [2.75, 3.05) is 26.1 Å². The van der Waals surface area contributed by atoms with Gasteiger partial charge >= 0.3 is 0 Å². The normalized spacial score (nSPS) is 14.9. The lowest BCUT2D eigenvalue weighted by Crippen LogP contribution is -2.36. The van der Waals surface area contributed by atoms with Gasteiger partial charge in [-0.25, -0.2) is 0 Å². The Bertz CT molecular complexity index is 1010. The Hall–Kier alpha value is -3.17. The zero-order chi connectivity index (χ0) is 21.8. The summed E-state index contributed by atoms with van der Waals surface area (Å²) in [4.78, 5) is 38.1. The molecule has 0 spiro atoms. The highest BCUT2D eigenvalue weighted by Gasteiger charge is 2.36. The maximum atomic E-state index is 12.6. The second-order valence-electron chi connectivity index (χ2n) is 6.10. The number of imide groups is 1. The van der Waals surface area contributed by atoms with Crippen molar-refractivity contribution in [2.24, 2.45) is 0 Å². The number of carbonyl (C=O) groups excluding carboxylic acids is 3. The summed E-state index contributed by atoms with van der Waals surface area (Å²) in [6.07, 6.45) is 1.46. The molecule has 0 bridgehead atoms. The molecular formula is C20H17ClN2O6S. The Balaban J connectivity index is 1.75. The molecule has 8 nitrogen and oxygen atoms in total. The number of nitrogens with zero attached hydrogens (tertiary/aromatic N) is 1. The summed E-state index contributed by atoms with van der Waals surface area (Å²) in [5.74, 6) is -0.982. The molecule has 1 aliphatic heterocycles. The number of carbonyl (C=O) groups is 3. The first-order valence-corrected chi connectivity index (χ1v) is 9.77. The molecule has 3 rings (SSSR count). The third kappa shape index (κ3) is 4.69. The summed E-state index contributed by atoms with van der Waals surface area (Å²) in [5.41, 5.74) is 0.979. The number of thioether (sulfide) groups is 1. The van der Waals surface area contributed by atoms with Crippen molar-refractivity contribution in [1.82, 2.24) is 4.90 Å². The summed E-state index contributed by atoms with van der Waals surface area (Å²) < 4.78 is 10.2. The van der Waals surface area contributed by atoms with Crippen LogP contribution in [0.2, 0.25) is 5.02 Å². The van der Waals surface area contributed by atoms with Crippen molar-refractivity contribution in [3.05, 3.63) is 51.9 Å². The van der Waals surface area contributed by atoms with Gasteiger partial charge in [0.05, 0.1) is 19.1 Å². The summed E-state index contributed by atoms with van der Waals surface area (Å²) in [6.45, 7) is -0.424. The fraction of sp³-hybridized carbons (Fsp3) is 0.150. The van der Waals surface area contributed by atoms with Gasteiger partial charge < -0.3 is 19.9 Å². The topological polar surface area (TPSA) is 105 Å². The van der Waals surface area contributed by atoms with Crippen LogP contribution in [0.4, 0.5) is 10.5 Å². The minimum atomic E-state index is -0.595. The van der Waals surface area contributed by atoms with Crippen molar-refractivity contribution >= 4 is 52.2 Å². The van der Waals surface area contributed by atoms with Gasteiger partial charge in [-0.05, 0) is 59.8 Å². The van der Waals surface area contributed by atoms with Crippen LogP contribution in [0.1, 0.15) is 5.56 Å². The minimum absolute atomic E-state index is 0.133. The fourth-order valence-corrected chi connectivity index (χ4v) is 3.63. The number of hydrogen-bond acceptors (Lipinski definition) is 7. The van der Waals surface area contributed by atoms with E-state index in [1.54, 1.807) is 24.3 Å². The highest BCUT2D eigenvalue weighted by Crippen LogP contribution is 2.39. The van der Waals surface area contributed by atoms with E-state index >= 15 is 0 Å². The summed E-state index contributed by atoms with van der Waals surface area (Å²) in [7, 11) is 2.76. The Morgan fingerprint density at radius 3 is 2.33 bits per heavy atom. The molecule has 2 aromatic carbocycles. The van der Waals surface area contributed by atoms with Gasteiger partial charge in [-0.2, -0.15) is 0 Å². The minimum Gasteiger partial charge on any atom is -0.502 e. The number of hydrogen-bond donors (Lipinski definition) is 2. The monoisotopic (exact) mass is 448 g/mol. The molecule has 0 unspecified atom stereocenters. The average molecular weight is 449 g/mol. The van der Waals surface area contributed by atoms with Crippen LogP contribution >= 0.6 is 23.4 Å². The predicted octanol–water partition coefficient (Wildman–Crippen LogP) is 3.74. The molecule has 1 fully saturated rings. The largest absolute Gasteiger partial charge is 0.502 e. The number of halogens is 1. The molecule has 30 heavy (non-hydrogen) atoms. The molecule has 0 aromatic heterocycles. The quantitative estimate of drug-likeness (QED) is 0.648. The number of aromatic hydroxyl groups is 1. The molecule has 2 N–H and O–H groups in total. The van der Waals surface area contributed by atoms with Crippen LogP contribution in [-0.2, 0) is 9.59 Å². The Morgan fingerprint density at radius 1 is 1.17 bits per heavy atom. The Morgan fingerprint density at radius 2 is 1.77 bits per heavy atom. The first-order valence-electron chi connectivity index (χ1n) is 8.58. The van der Waals surface area contributed by atoms with Gasteiger partial charge in [0.2, 0.25) is 11.7 Å². The number of phenolic OH excluding ortho intramolecular Hbond substituents is 1.